The van der Waals surface area contributed by atoms with Gasteiger partial charge in [-0.25, -0.2) is 0 Å². The van der Waals surface area contributed by atoms with Gasteiger partial charge in [-0.1, -0.05) is 20.3 Å². The Balaban J connectivity index is 1.78. The van der Waals surface area contributed by atoms with Crippen molar-refractivity contribution >= 4 is 5.84 Å². The molecular weight excluding hydrogens is 198 g/mol. The molecule has 0 radical (unpaired) electrons. The van der Waals surface area contributed by atoms with Crippen molar-refractivity contribution < 1.29 is 0 Å². The van der Waals surface area contributed by atoms with Crippen molar-refractivity contribution in [3.05, 3.63) is 0 Å². The predicted molar refractivity (Wildman–Crippen MR) is 67.6 cm³/mol. The van der Waals surface area contributed by atoms with Crippen molar-refractivity contribution in [1.29, 1.82) is 5.41 Å². The number of nitrogens with zero attached hydrogens (tertiary/aromatic N) is 1. The highest BCUT2D eigenvalue weighted by atomic mass is 15.2. The lowest BCUT2D eigenvalue weighted by Crippen LogP contribution is -2.35. The number of nitrogens with one attached hydrogen (secondary N) is 1. The van der Waals surface area contributed by atoms with Gasteiger partial charge in [0.2, 0.25) is 0 Å². The number of amidine groups is 1. The number of nitrogens with two attached hydrogens (primary N) is 1. The van der Waals surface area contributed by atoms with Crippen LogP contribution in [0.2, 0.25) is 0 Å². The zero-order valence-corrected chi connectivity index (χ0v) is 10.6. The average molecular weight is 223 g/mol. The van der Waals surface area contributed by atoms with Crippen molar-refractivity contribution in [2.45, 2.75) is 39.5 Å². The van der Waals surface area contributed by atoms with Crippen LogP contribution < -0.4 is 5.73 Å². The lowest BCUT2D eigenvalue weighted by Gasteiger charge is -2.26. The minimum absolute atomic E-state index is 0.127. The van der Waals surface area contributed by atoms with Gasteiger partial charge >= 0.3 is 0 Å². The maximum Gasteiger partial charge on any atom is 0.0963 e. The van der Waals surface area contributed by atoms with Crippen LogP contribution in [-0.2, 0) is 0 Å². The largest absolute Gasteiger partial charge is 0.387 e. The van der Waals surface area contributed by atoms with E-state index in [1.165, 1.54) is 32.4 Å². The van der Waals surface area contributed by atoms with Crippen LogP contribution in [0.5, 0.6) is 0 Å². The van der Waals surface area contributed by atoms with Crippen LogP contribution in [-0.4, -0.2) is 30.4 Å². The van der Waals surface area contributed by atoms with E-state index in [4.69, 9.17) is 11.1 Å². The Kier molecular flexibility index (Phi) is 3.24. The van der Waals surface area contributed by atoms with Crippen molar-refractivity contribution in [1.82, 2.24) is 4.90 Å². The molecule has 0 aromatic heterocycles. The van der Waals surface area contributed by atoms with E-state index in [0.717, 1.165) is 24.8 Å². The number of likely N-dealkylation sites (tertiary alicyclic amines) is 1. The quantitative estimate of drug-likeness (QED) is 0.566. The zero-order chi connectivity index (χ0) is 11.8. The van der Waals surface area contributed by atoms with Crippen LogP contribution in [0.15, 0.2) is 0 Å². The monoisotopic (exact) mass is 223 g/mol. The van der Waals surface area contributed by atoms with Gasteiger partial charge in [0.25, 0.3) is 0 Å². The molecule has 1 aliphatic carbocycles. The normalized spacial score (nSPS) is 30.6. The summed E-state index contributed by atoms with van der Waals surface area (Å²) >= 11 is 0. The molecule has 2 unspecified atom stereocenters. The van der Waals surface area contributed by atoms with E-state index in [0.29, 0.717) is 5.84 Å². The highest BCUT2D eigenvalue weighted by Crippen LogP contribution is 2.38. The number of rotatable bonds is 4. The van der Waals surface area contributed by atoms with Gasteiger partial charge in [0.1, 0.15) is 0 Å². The van der Waals surface area contributed by atoms with Crippen molar-refractivity contribution in [2.75, 3.05) is 19.6 Å². The number of fused-ring (bicyclic) bond motifs is 1. The van der Waals surface area contributed by atoms with Crippen LogP contribution in [0.1, 0.15) is 39.5 Å². The van der Waals surface area contributed by atoms with Crippen LogP contribution >= 0.6 is 0 Å². The summed E-state index contributed by atoms with van der Waals surface area (Å²) in [5, 5.41) is 7.56. The Bertz CT molecular complexity index is 260. The maximum absolute atomic E-state index is 7.56. The Morgan fingerprint density at radius 1 is 1.31 bits per heavy atom. The topological polar surface area (TPSA) is 53.1 Å². The van der Waals surface area contributed by atoms with Gasteiger partial charge in [0, 0.05) is 18.5 Å². The van der Waals surface area contributed by atoms with Crippen LogP contribution in [0.25, 0.3) is 0 Å². The highest BCUT2D eigenvalue weighted by molar-refractivity contribution is 5.82. The Morgan fingerprint density at radius 3 is 2.38 bits per heavy atom. The molecule has 0 amide bonds. The molecular formula is C13H25N3. The Hall–Kier alpha value is -0.570. The van der Waals surface area contributed by atoms with Crippen molar-refractivity contribution in [3.8, 4) is 0 Å². The predicted octanol–water partition coefficient (Wildman–Crippen LogP) is 2.07. The first kappa shape index (κ1) is 11.9. The number of hydrogen-bond donors (Lipinski definition) is 2. The number of hydrogen-bond acceptors (Lipinski definition) is 2. The van der Waals surface area contributed by atoms with Gasteiger partial charge in [-0.15, -0.1) is 0 Å². The minimum atomic E-state index is -0.127. The van der Waals surface area contributed by atoms with E-state index in [1.807, 2.05) is 0 Å². The van der Waals surface area contributed by atoms with Crippen LogP contribution in [0.4, 0.5) is 0 Å². The summed E-state index contributed by atoms with van der Waals surface area (Å²) < 4.78 is 0. The summed E-state index contributed by atoms with van der Waals surface area (Å²) in [5.74, 6) is 2.27. The molecule has 1 aliphatic heterocycles. The molecule has 16 heavy (non-hydrogen) atoms. The van der Waals surface area contributed by atoms with E-state index >= 15 is 0 Å². The molecule has 3 nitrogen and oxygen atoms in total. The Labute approximate surface area is 98.9 Å². The molecule has 0 aromatic carbocycles. The SMILES string of the molecule is CC(C)(CCN1CC2CCCC2C1)C(=N)N. The fourth-order valence-electron chi connectivity index (χ4n) is 3.09. The molecule has 92 valence electrons. The second-order valence-electron chi connectivity index (χ2n) is 6.26. The summed E-state index contributed by atoms with van der Waals surface area (Å²) in [4.78, 5) is 2.58. The maximum atomic E-state index is 7.56. The molecule has 0 aromatic rings. The first-order valence-corrected chi connectivity index (χ1v) is 6.56. The summed E-state index contributed by atoms with van der Waals surface area (Å²) in [6.45, 7) is 7.84. The molecule has 2 rings (SSSR count). The minimum Gasteiger partial charge on any atom is -0.387 e. The van der Waals surface area contributed by atoms with E-state index in [9.17, 15) is 0 Å². The lowest BCUT2D eigenvalue weighted by atomic mass is 9.88. The van der Waals surface area contributed by atoms with Gasteiger partial charge in [-0.2, -0.15) is 0 Å². The third kappa shape index (κ3) is 2.40. The zero-order valence-electron chi connectivity index (χ0n) is 10.6. The molecule has 0 spiro atoms. The van der Waals surface area contributed by atoms with Gasteiger partial charge in [-0.05, 0) is 37.6 Å². The van der Waals surface area contributed by atoms with Crippen LogP contribution in [0.3, 0.4) is 0 Å². The smallest absolute Gasteiger partial charge is 0.0963 e. The van der Waals surface area contributed by atoms with Gasteiger partial charge < -0.3 is 10.6 Å². The third-order valence-corrected chi connectivity index (χ3v) is 4.58. The molecule has 2 fully saturated rings. The Morgan fingerprint density at radius 2 is 1.88 bits per heavy atom. The van der Waals surface area contributed by atoms with E-state index in [1.54, 1.807) is 0 Å². The first-order chi connectivity index (χ1) is 7.49. The lowest BCUT2D eigenvalue weighted by molar-refractivity contribution is 0.274. The van der Waals surface area contributed by atoms with E-state index in [2.05, 4.69) is 18.7 Å². The van der Waals surface area contributed by atoms with Crippen LogP contribution in [0, 0.1) is 22.7 Å². The second-order valence-corrected chi connectivity index (χ2v) is 6.26. The fourth-order valence-corrected chi connectivity index (χ4v) is 3.09. The summed E-state index contributed by atoms with van der Waals surface area (Å²) in [7, 11) is 0. The standard InChI is InChI=1S/C13H25N3/c1-13(2,12(14)15)6-7-16-8-10-4-3-5-11(10)9-16/h10-11H,3-9H2,1-2H3,(H3,14,15). The van der Waals surface area contributed by atoms with Gasteiger partial charge in [0.15, 0.2) is 0 Å². The molecule has 2 atom stereocenters. The molecule has 0 bridgehead atoms. The highest BCUT2D eigenvalue weighted by Gasteiger charge is 2.36. The summed E-state index contributed by atoms with van der Waals surface area (Å²) in [6, 6.07) is 0. The molecule has 2 aliphatic rings. The van der Waals surface area contributed by atoms with Crippen molar-refractivity contribution in [2.24, 2.45) is 23.0 Å². The van der Waals surface area contributed by atoms with Gasteiger partial charge in [0.05, 0.1) is 5.84 Å². The molecule has 1 saturated carbocycles. The second kappa shape index (κ2) is 4.36. The molecule has 3 heteroatoms. The van der Waals surface area contributed by atoms with Gasteiger partial charge in [-0.3, -0.25) is 5.41 Å². The average Bonchev–Trinajstić information content (AvgIpc) is 2.73. The summed E-state index contributed by atoms with van der Waals surface area (Å²) in [6.07, 6.45) is 5.35. The van der Waals surface area contributed by atoms with Crippen molar-refractivity contribution in [3.63, 3.8) is 0 Å². The first-order valence-electron chi connectivity index (χ1n) is 6.56. The third-order valence-electron chi connectivity index (χ3n) is 4.58. The van der Waals surface area contributed by atoms with E-state index in [-0.39, 0.29) is 5.41 Å². The van der Waals surface area contributed by atoms with E-state index < -0.39 is 0 Å². The fraction of sp³-hybridized carbons (Fsp3) is 0.923. The molecule has 1 saturated heterocycles. The summed E-state index contributed by atoms with van der Waals surface area (Å²) in [5.41, 5.74) is 5.48. The molecule has 1 heterocycles. The molecule has 3 N–H and O–H groups in total.